The molecule has 0 fully saturated rings. The lowest BCUT2D eigenvalue weighted by Gasteiger charge is -2.33. The highest BCUT2D eigenvalue weighted by Crippen LogP contribution is 2.33. The van der Waals surface area contributed by atoms with Crippen molar-refractivity contribution in [1.82, 2.24) is 10.2 Å². The molecule has 0 aliphatic heterocycles. The number of halogens is 2. The molecule has 0 aliphatic carbocycles. The van der Waals surface area contributed by atoms with Crippen LogP contribution in [0.4, 0.5) is 5.69 Å². The van der Waals surface area contributed by atoms with Gasteiger partial charge >= 0.3 is 0 Å². The third kappa shape index (κ3) is 7.35. The maximum absolute atomic E-state index is 13.6. The summed E-state index contributed by atoms with van der Waals surface area (Å²) in [5, 5.41) is 3.12. The summed E-state index contributed by atoms with van der Waals surface area (Å²) in [6.07, 6.45) is 2.09. The molecule has 0 spiro atoms. The van der Waals surface area contributed by atoms with Crippen LogP contribution in [0.3, 0.4) is 0 Å². The summed E-state index contributed by atoms with van der Waals surface area (Å²) in [7, 11) is -3.89. The molecule has 2 rings (SSSR count). The Bertz CT molecular complexity index is 1100. The van der Waals surface area contributed by atoms with Gasteiger partial charge in [0, 0.05) is 12.6 Å². The highest BCUT2D eigenvalue weighted by atomic mass is 35.5. The maximum atomic E-state index is 13.6. The molecule has 0 radical (unpaired) electrons. The summed E-state index contributed by atoms with van der Waals surface area (Å²) in [5.74, 6) is -0.815. The van der Waals surface area contributed by atoms with Gasteiger partial charge in [-0.15, -0.1) is 0 Å². The first kappa shape index (κ1) is 28.0. The van der Waals surface area contributed by atoms with Gasteiger partial charge in [0.05, 0.1) is 22.0 Å². The standard InChI is InChI=1S/C24H31Cl2N3O4S/c1-5-17(3)27-24(31)20(6-2)28(15-18-11-8-7-9-12-18)22(30)16-29(34(4,32)33)21-14-10-13-19(25)23(21)26/h7-14,17,20H,5-6,15-16H2,1-4H3,(H,27,31). The molecule has 10 heteroatoms. The van der Waals surface area contributed by atoms with E-state index in [2.05, 4.69) is 5.32 Å². The number of sulfonamides is 1. The Morgan fingerprint density at radius 2 is 1.65 bits per heavy atom. The summed E-state index contributed by atoms with van der Waals surface area (Å²) < 4.78 is 26.2. The van der Waals surface area contributed by atoms with Gasteiger partial charge in [-0.25, -0.2) is 8.42 Å². The first-order chi connectivity index (χ1) is 16.0. The Morgan fingerprint density at radius 1 is 1.00 bits per heavy atom. The number of rotatable bonds is 11. The average Bonchev–Trinajstić information content (AvgIpc) is 2.79. The molecule has 7 nitrogen and oxygen atoms in total. The molecule has 0 saturated heterocycles. The van der Waals surface area contributed by atoms with E-state index in [9.17, 15) is 18.0 Å². The number of hydrogen-bond donors (Lipinski definition) is 1. The topological polar surface area (TPSA) is 86.8 Å². The van der Waals surface area contributed by atoms with E-state index in [0.29, 0.717) is 6.42 Å². The number of benzene rings is 2. The van der Waals surface area contributed by atoms with Crippen LogP contribution in [0.5, 0.6) is 0 Å². The fraction of sp³-hybridized carbons (Fsp3) is 0.417. The number of anilines is 1. The lowest BCUT2D eigenvalue weighted by Crippen LogP contribution is -2.53. The zero-order valence-corrected chi connectivity index (χ0v) is 22.1. The van der Waals surface area contributed by atoms with Gasteiger partial charge in [-0.2, -0.15) is 0 Å². The summed E-state index contributed by atoms with van der Waals surface area (Å²) in [5.41, 5.74) is 0.916. The second kappa shape index (κ2) is 12.4. The first-order valence-corrected chi connectivity index (χ1v) is 13.6. The molecule has 2 atom stereocenters. The number of hydrogen-bond acceptors (Lipinski definition) is 4. The minimum atomic E-state index is -3.89. The van der Waals surface area contributed by atoms with Gasteiger partial charge in [0.2, 0.25) is 21.8 Å². The first-order valence-electron chi connectivity index (χ1n) is 11.0. The Hall–Kier alpha value is -2.29. The lowest BCUT2D eigenvalue weighted by molar-refractivity contribution is -0.140. The van der Waals surface area contributed by atoms with Crippen LogP contribution in [0.15, 0.2) is 48.5 Å². The van der Waals surface area contributed by atoms with Crippen LogP contribution in [-0.4, -0.2) is 50.0 Å². The Balaban J connectivity index is 2.46. The molecule has 34 heavy (non-hydrogen) atoms. The van der Waals surface area contributed by atoms with Crippen LogP contribution in [0.2, 0.25) is 10.0 Å². The van der Waals surface area contributed by atoms with Crippen LogP contribution >= 0.6 is 23.2 Å². The normalized spacial score (nSPS) is 13.1. The van der Waals surface area contributed by atoms with Crippen molar-refractivity contribution in [1.29, 1.82) is 0 Å². The SMILES string of the molecule is CCC(C)NC(=O)C(CC)N(Cc1ccccc1)C(=O)CN(c1cccc(Cl)c1Cl)S(C)(=O)=O. The smallest absolute Gasteiger partial charge is 0.244 e. The zero-order valence-electron chi connectivity index (χ0n) is 19.8. The van der Waals surface area contributed by atoms with Gasteiger partial charge in [-0.05, 0) is 37.5 Å². The van der Waals surface area contributed by atoms with Crippen molar-refractivity contribution in [2.75, 3.05) is 17.1 Å². The molecule has 0 aromatic heterocycles. The highest BCUT2D eigenvalue weighted by Gasteiger charge is 2.32. The molecule has 186 valence electrons. The molecule has 1 N–H and O–H groups in total. The Morgan fingerprint density at radius 3 is 2.21 bits per heavy atom. The predicted octanol–water partition coefficient (Wildman–Crippen LogP) is 4.48. The average molecular weight is 529 g/mol. The van der Waals surface area contributed by atoms with Crippen LogP contribution < -0.4 is 9.62 Å². The van der Waals surface area contributed by atoms with Crippen LogP contribution in [0.1, 0.15) is 39.2 Å². The predicted molar refractivity (Wildman–Crippen MR) is 138 cm³/mol. The minimum absolute atomic E-state index is 0.0264. The third-order valence-corrected chi connectivity index (χ3v) is 7.40. The molecular weight excluding hydrogens is 497 g/mol. The Labute approximate surface area is 212 Å². The van der Waals surface area contributed by atoms with E-state index in [0.717, 1.165) is 22.5 Å². The van der Waals surface area contributed by atoms with Gasteiger partial charge < -0.3 is 10.2 Å². The Kier molecular flexibility index (Phi) is 10.2. The summed E-state index contributed by atoms with van der Waals surface area (Å²) >= 11 is 12.4. The van der Waals surface area contributed by atoms with Gasteiger partial charge in [-0.1, -0.05) is 73.4 Å². The minimum Gasteiger partial charge on any atom is -0.352 e. The van der Waals surface area contributed by atoms with E-state index in [1.807, 2.05) is 51.1 Å². The van der Waals surface area contributed by atoms with Crippen molar-refractivity contribution in [3.05, 3.63) is 64.1 Å². The molecular formula is C24H31Cl2N3O4S. The van der Waals surface area contributed by atoms with Crippen molar-refractivity contribution >= 4 is 50.7 Å². The monoisotopic (exact) mass is 527 g/mol. The van der Waals surface area contributed by atoms with E-state index in [1.165, 1.54) is 17.0 Å². The lowest BCUT2D eigenvalue weighted by atomic mass is 10.1. The fourth-order valence-electron chi connectivity index (χ4n) is 3.42. The van der Waals surface area contributed by atoms with E-state index in [-0.39, 0.29) is 34.2 Å². The molecule has 0 heterocycles. The quantitative estimate of drug-likeness (QED) is 0.466. The van der Waals surface area contributed by atoms with E-state index < -0.39 is 28.5 Å². The zero-order chi connectivity index (χ0) is 25.5. The van der Waals surface area contributed by atoms with Gasteiger partial charge in [-0.3, -0.25) is 13.9 Å². The van der Waals surface area contributed by atoms with Gasteiger partial charge in [0.15, 0.2) is 0 Å². The second-order valence-corrected chi connectivity index (χ2v) is 10.8. The van der Waals surface area contributed by atoms with E-state index in [1.54, 1.807) is 6.07 Å². The highest BCUT2D eigenvalue weighted by molar-refractivity contribution is 7.92. The summed E-state index contributed by atoms with van der Waals surface area (Å²) in [6, 6.07) is 13.0. The van der Waals surface area contributed by atoms with E-state index in [4.69, 9.17) is 23.2 Å². The van der Waals surface area contributed by atoms with Crippen molar-refractivity contribution in [3.63, 3.8) is 0 Å². The summed E-state index contributed by atoms with van der Waals surface area (Å²) in [4.78, 5) is 28.1. The fourth-order valence-corrected chi connectivity index (χ4v) is 4.72. The summed E-state index contributed by atoms with van der Waals surface area (Å²) in [6.45, 7) is 5.28. The van der Waals surface area contributed by atoms with Gasteiger partial charge in [0.1, 0.15) is 12.6 Å². The van der Waals surface area contributed by atoms with E-state index >= 15 is 0 Å². The van der Waals surface area contributed by atoms with Crippen molar-refractivity contribution in [2.45, 2.75) is 52.2 Å². The number of amides is 2. The molecule has 2 aromatic carbocycles. The molecule has 0 saturated carbocycles. The third-order valence-electron chi connectivity index (χ3n) is 5.46. The van der Waals surface area contributed by atoms with Crippen molar-refractivity contribution in [2.24, 2.45) is 0 Å². The molecule has 0 bridgehead atoms. The van der Waals surface area contributed by atoms with Crippen LogP contribution in [0, 0.1) is 0 Å². The molecule has 2 amide bonds. The number of nitrogens with one attached hydrogen (secondary N) is 1. The number of carbonyl (C=O) groups excluding carboxylic acids is 2. The van der Waals surface area contributed by atoms with Crippen LogP contribution in [0.25, 0.3) is 0 Å². The van der Waals surface area contributed by atoms with Crippen molar-refractivity contribution in [3.8, 4) is 0 Å². The number of nitrogens with zero attached hydrogens (tertiary/aromatic N) is 2. The molecule has 2 unspecified atom stereocenters. The second-order valence-electron chi connectivity index (χ2n) is 8.09. The number of carbonyl (C=O) groups is 2. The van der Waals surface area contributed by atoms with Gasteiger partial charge in [0.25, 0.3) is 0 Å². The van der Waals surface area contributed by atoms with Crippen molar-refractivity contribution < 1.29 is 18.0 Å². The molecule has 2 aromatic rings. The largest absolute Gasteiger partial charge is 0.352 e. The maximum Gasteiger partial charge on any atom is 0.244 e. The van der Waals surface area contributed by atoms with Crippen LogP contribution in [-0.2, 0) is 26.2 Å². The molecule has 0 aliphatic rings.